The van der Waals surface area contributed by atoms with Crippen LogP contribution in [0.25, 0.3) is 0 Å². The Kier molecular flexibility index (Phi) is 6.15. The molecule has 2 heterocycles. The molecular formula is C21H25ClFN3O. The Bertz CT molecular complexity index is 829. The van der Waals surface area contributed by atoms with Crippen molar-refractivity contribution in [1.82, 2.24) is 10.2 Å². The van der Waals surface area contributed by atoms with E-state index in [0.29, 0.717) is 6.42 Å². The lowest BCUT2D eigenvalue weighted by Crippen LogP contribution is -2.45. The quantitative estimate of drug-likeness (QED) is 0.874. The smallest absolute Gasteiger partial charge is 0.227 e. The molecule has 1 amide bonds. The molecule has 4 rings (SSSR count). The van der Waals surface area contributed by atoms with Crippen LogP contribution in [-0.4, -0.2) is 37.5 Å². The van der Waals surface area contributed by atoms with Crippen molar-refractivity contribution in [2.45, 2.75) is 25.4 Å². The van der Waals surface area contributed by atoms with Crippen LogP contribution in [0.5, 0.6) is 0 Å². The summed E-state index contributed by atoms with van der Waals surface area (Å²) in [5.41, 5.74) is 4.52. The SMILES string of the molecule is CN1C(=O)CCc2cc(CN3CCNCC3c3cccc(F)c3)ccc21.Cl. The van der Waals surface area contributed by atoms with Gasteiger partial charge in [-0.25, -0.2) is 4.39 Å². The van der Waals surface area contributed by atoms with Crippen LogP contribution in [0.2, 0.25) is 0 Å². The van der Waals surface area contributed by atoms with Gasteiger partial charge in [-0.2, -0.15) is 0 Å². The van der Waals surface area contributed by atoms with E-state index in [1.807, 2.05) is 13.1 Å². The van der Waals surface area contributed by atoms with Crippen LogP contribution in [0.3, 0.4) is 0 Å². The summed E-state index contributed by atoms with van der Waals surface area (Å²) in [6.45, 7) is 3.52. The van der Waals surface area contributed by atoms with Gasteiger partial charge in [0.05, 0.1) is 0 Å². The number of nitrogens with zero attached hydrogens (tertiary/aromatic N) is 2. The van der Waals surface area contributed by atoms with Gasteiger partial charge in [-0.1, -0.05) is 24.3 Å². The second kappa shape index (κ2) is 8.38. The van der Waals surface area contributed by atoms with E-state index in [9.17, 15) is 9.18 Å². The van der Waals surface area contributed by atoms with Crippen molar-refractivity contribution in [2.75, 3.05) is 31.6 Å². The number of anilines is 1. The summed E-state index contributed by atoms with van der Waals surface area (Å²) in [4.78, 5) is 16.0. The topological polar surface area (TPSA) is 35.6 Å². The maximum atomic E-state index is 13.7. The average molecular weight is 390 g/mol. The molecule has 0 bridgehead atoms. The normalized spacial score (nSPS) is 20.1. The third kappa shape index (κ3) is 4.15. The fourth-order valence-corrected chi connectivity index (χ4v) is 4.02. The molecule has 1 N–H and O–H groups in total. The fraction of sp³-hybridized carbons (Fsp3) is 0.381. The number of piperazine rings is 1. The first-order valence-corrected chi connectivity index (χ1v) is 9.20. The van der Waals surface area contributed by atoms with Crippen molar-refractivity contribution >= 4 is 24.0 Å². The van der Waals surface area contributed by atoms with Gasteiger partial charge >= 0.3 is 0 Å². The van der Waals surface area contributed by atoms with Gasteiger partial charge < -0.3 is 10.2 Å². The van der Waals surface area contributed by atoms with Gasteiger partial charge in [-0.05, 0) is 41.3 Å². The van der Waals surface area contributed by atoms with Crippen molar-refractivity contribution in [3.63, 3.8) is 0 Å². The first-order valence-electron chi connectivity index (χ1n) is 9.20. The van der Waals surface area contributed by atoms with E-state index in [0.717, 1.165) is 43.9 Å². The lowest BCUT2D eigenvalue weighted by atomic mass is 9.98. The summed E-state index contributed by atoms with van der Waals surface area (Å²) < 4.78 is 13.7. The van der Waals surface area contributed by atoms with Gasteiger partial charge in [0, 0.05) is 51.4 Å². The third-order valence-corrected chi connectivity index (χ3v) is 5.46. The minimum Gasteiger partial charge on any atom is -0.315 e. The highest BCUT2D eigenvalue weighted by Crippen LogP contribution is 2.30. The summed E-state index contributed by atoms with van der Waals surface area (Å²) >= 11 is 0. The number of fused-ring (bicyclic) bond motifs is 1. The number of carbonyl (C=O) groups is 1. The molecule has 144 valence electrons. The summed E-state index contributed by atoms with van der Waals surface area (Å²) in [7, 11) is 1.84. The number of benzene rings is 2. The number of halogens is 2. The van der Waals surface area contributed by atoms with Gasteiger partial charge in [-0.15, -0.1) is 12.4 Å². The zero-order chi connectivity index (χ0) is 18.1. The van der Waals surface area contributed by atoms with Crippen LogP contribution in [0.15, 0.2) is 42.5 Å². The molecule has 0 spiro atoms. The second-order valence-electron chi connectivity index (χ2n) is 7.16. The van der Waals surface area contributed by atoms with E-state index < -0.39 is 0 Å². The standard InChI is InChI=1S/C21H24FN3O.ClH/c1-24-19-7-5-15(11-17(19)6-8-21(24)26)14-25-10-9-23-13-20(25)16-3-2-4-18(22)12-16;/h2-5,7,11-12,20,23H,6,8-10,13-14H2,1H3;1H. The maximum absolute atomic E-state index is 13.7. The fourth-order valence-electron chi connectivity index (χ4n) is 4.02. The number of aryl methyl sites for hydroxylation is 1. The molecule has 1 unspecified atom stereocenters. The van der Waals surface area contributed by atoms with E-state index in [2.05, 4.69) is 28.4 Å². The predicted molar refractivity (Wildman–Crippen MR) is 108 cm³/mol. The Hall–Kier alpha value is -1.95. The lowest BCUT2D eigenvalue weighted by Gasteiger charge is -2.37. The van der Waals surface area contributed by atoms with Crippen molar-refractivity contribution in [1.29, 1.82) is 0 Å². The van der Waals surface area contributed by atoms with Gasteiger partial charge in [-0.3, -0.25) is 9.69 Å². The Morgan fingerprint density at radius 2 is 2.04 bits per heavy atom. The Labute approximate surface area is 165 Å². The molecule has 1 saturated heterocycles. The molecule has 0 radical (unpaired) electrons. The molecule has 1 atom stereocenters. The van der Waals surface area contributed by atoms with Crippen molar-refractivity contribution in [2.24, 2.45) is 0 Å². The number of nitrogens with one attached hydrogen (secondary N) is 1. The molecule has 27 heavy (non-hydrogen) atoms. The van der Waals surface area contributed by atoms with Crippen LogP contribution in [0, 0.1) is 5.82 Å². The lowest BCUT2D eigenvalue weighted by molar-refractivity contribution is -0.118. The van der Waals surface area contributed by atoms with E-state index in [-0.39, 0.29) is 30.2 Å². The zero-order valence-electron chi connectivity index (χ0n) is 15.5. The van der Waals surface area contributed by atoms with Crippen LogP contribution in [0.4, 0.5) is 10.1 Å². The highest BCUT2D eigenvalue weighted by atomic mass is 35.5. The zero-order valence-corrected chi connectivity index (χ0v) is 16.3. The maximum Gasteiger partial charge on any atom is 0.227 e. The minimum absolute atomic E-state index is 0. The first kappa shape index (κ1) is 19.8. The highest BCUT2D eigenvalue weighted by Gasteiger charge is 2.25. The monoisotopic (exact) mass is 389 g/mol. The van der Waals surface area contributed by atoms with Crippen LogP contribution < -0.4 is 10.2 Å². The minimum atomic E-state index is -0.186. The predicted octanol–water partition coefficient (Wildman–Crippen LogP) is 3.30. The molecule has 1 fully saturated rings. The average Bonchev–Trinajstić information content (AvgIpc) is 2.65. The van der Waals surface area contributed by atoms with Crippen LogP contribution in [0.1, 0.15) is 29.2 Å². The molecule has 0 aliphatic carbocycles. The molecule has 0 aromatic heterocycles. The largest absolute Gasteiger partial charge is 0.315 e. The summed E-state index contributed by atoms with van der Waals surface area (Å²) in [5.74, 6) is -0.00645. The number of hydrogen-bond donors (Lipinski definition) is 1. The molecule has 4 nitrogen and oxygen atoms in total. The van der Waals surface area contributed by atoms with Gasteiger partial charge in [0.1, 0.15) is 5.82 Å². The van der Waals surface area contributed by atoms with E-state index >= 15 is 0 Å². The molecule has 2 aliphatic rings. The first-order chi connectivity index (χ1) is 12.6. The third-order valence-electron chi connectivity index (χ3n) is 5.46. The summed E-state index contributed by atoms with van der Waals surface area (Å²) in [6, 6.07) is 13.5. The van der Waals surface area contributed by atoms with E-state index in [1.165, 1.54) is 17.2 Å². The molecule has 6 heteroatoms. The number of carbonyl (C=O) groups excluding carboxylic acids is 1. The Morgan fingerprint density at radius 1 is 1.19 bits per heavy atom. The molecule has 0 saturated carbocycles. The highest BCUT2D eigenvalue weighted by molar-refractivity contribution is 5.95. The molecule has 2 aliphatic heterocycles. The van der Waals surface area contributed by atoms with Crippen molar-refractivity contribution in [3.8, 4) is 0 Å². The Morgan fingerprint density at radius 3 is 2.85 bits per heavy atom. The molecular weight excluding hydrogens is 365 g/mol. The second-order valence-corrected chi connectivity index (χ2v) is 7.16. The summed E-state index contributed by atoms with van der Waals surface area (Å²) in [5, 5.41) is 3.42. The van der Waals surface area contributed by atoms with Crippen molar-refractivity contribution in [3.05, 3.63) is 65.0 Å². The van der Waals surface area contributed by atoms with Gasteiger partial charge in [0.15, 0.2) is 0 Å². The van der Waals surface area contributed by atoms with Crippen molar-refractivity contribution < 1.29 is 9.18 Å². The van der Waals surface area contributed by atoms with E-state index in [4.69, 9.17) is 0 Å². The Balaban J connectivity index is 0.00000210. The van der Waals surface area contributed by atoms with Gasteiger partial charge in [0.2, 0.25) is 5.91 Å². The number of hydrogen-bond acceptors (Lipinski definition) is 3. The number of rotatable bonds is 3. The summed E-state index contributed by atoms with van der Waals surface area (Å²) in [6.07, 6.45) is 1.38. The molecule has 2 aromatic carbocycles. The van der Waals surface area contributed by atoms with Crippen LogP contribution in [-0.2, 0) is 17.8 Å². The molecule has 2 aromatic rings. The van der Waals surface area contributed by atoms with Crippen LogP contribution >= 0.6 is 12.4 Å². The van der Waals surface area contributed by atoms with E-state index in [1.54, 1.807) is 17.0 Å². The van der Waals surface area contributed by atoms with Gasteiger partial charge in [0.25, 0.3) is 0 Å². The number of amides is 1.